The summed E-state index contributed by atoms with van der Waals surface area (Å²) in [4.78, 5) is 12.1. The lowest BCUT2D eigenvalue weighted by Gasteiger charge is -2.16. The molecule has 0 unspecified atom stereocenters. The number of carbonyl (C=O) groups is 1. The van der Waals surface area contributed by atoms with Crippen LogP contribution >= 0.6 is 0 Å². The summed E-state index contributed by atoms with van der Waals surface area (Å²) < 4.78 is 11.0. The Morgan fingerprint density at radius 2 is 1.89 bits per heavy atom. The quantitative estimate of drug-likeness (QED) is 0.598. The van der Waals surface area contributed by atoms with Crippen LogP contribution in [0.15, 0.2) is 42.5 Å². The molecule has 0 radical (unpaired) electrons. The van der Waals surface area contributed by atoms with Gasteiger partial charge in [0.2, 0.25) is 0 Å². The van der Waals surface area contributed by atoms with E-state index in [9.17, 15) is 9.90 Å². The van der Waals surface area contributed by atoms with Crippen LogP contribution in [0.4, 0.5) is 5.69 Å². The zero-order chi connectivity index (χ0) is 19.6. The van der Waals surface area contributed by atoms with Crippen molar-refractivity contribution in [2.45, 2.75) is 32.9 Å². The minimum atomic E-state index is -0.236. The third-order valence-electron chi connectivity index (χ3n) is 4.23. The molecule has 0 aliphatic rings. The summed E-state index contributed by atoms with van der Waals surface area (Å²) in [5.41, 5.74) is 2.87. The average Bonchev–Trinajstić information content (AvgIpc) is 2.69. The molecule has 0 heterocycles. The SMILES string of the molecule is CC[C@H](CO)NCc1ccc(OCC(=O)Nc2ccc(C)cc2)c(OC)c1. The molecule has 0 saturated carbocycles. The zero-order valence-electron chi connectivity index (χ0n) is 16.1. The summed E-state index contributed by atoms with van der Waals surface area (Å²) in [5.74, 6) is 0.837. The number of rotatable bonds is 10. The van der Waals surface area contributed by atoms with Gasteiger partial charge in [0.1, 0.15) is 0 Å². The van der Waals surface area contributed by atoms with Crippen molar-refractivity contribution in [2.24, 2.45) is 0 Å². The highest BCUT2D eigenvalue weighted by molar-refractivity contribution is 5.91. The first-order valence-corrected chi connectivity index (χ1v) is 9.06. The van der Waals surface area contributed by atoms with Gasteiger partial charge in [-0.3, -0.25) is 4.79 Å². The van der Waals surface area contributed by atoms with Crippen LogP contribution in [0, 0.1) is 6.92 Å². The fourth-order valence-electron chi connectivity index (χ4n) is 2.52. The second kappa shape index (κ2) is 10.5. The van der Waals surface area contributed by atoms with Crippen LogP contribution < -0.4 is 20.1 Å². The number of amides is 1. The number of aryl methyl sites for hydroxylation is 1. The van der Waals surface area contributed by atoms with Gasteiger partial charge in [0.15, 0.2) is 18.1 Å². The second-order valence-electron chi connectivity index (χ2n) is 6.36. The highest BCUT2D eigenvalue weighted by Crippen LogP contribution is 2.28. The van der Waals surface area contributed by atoms with E-state index in [2.05, 4.69) is 10.6 Å². The van der Waals surface area contributed by atoms with Crippen molar-refractivity contribution in [1.82, 2.24) is 5.32 Å². The van der Waals surface area contributed by atoms with Gasteiger partial charge >= 0.3 is 0 Å². The molecular formula is C21H28N2O4. The Morgan fingerprint density at radius 3 is 2.52 bits per heavy atom. The van der Waals surface area contributed by atoms with Crippen molar-refractivity contribution >= 4 is 11.6 Å². The summed E-state index contributed by atoms with van der Waals surface area (Å²) in [6.07, 6.45) is 0.852. The molecule has 0 bridgehead atoms. The van der Waals surface area contributed by atoms with Gasteiger partial charge in [-0.2, -0.15) is 0 Å². The van der Waals surface area contributed by atoms with E-state index in [1.807, 2.05) is 50.2 Å². The fraction of sp³-hybridized carbons (Fsp3) is 0.381. The summed E-state index contributed by atoms with van der Waals surface area (Å²) in [6, 6.07) is 13.2. The zero-order valence-corrected chi connectivity index (χ0v) is 16.1. The lowest BCUT2D eigenvalue weighted by Crippen LogP contribution is -2.31. The van der Waals surface area contributed by atoms with Crippen LogP contribution in [0.3, 0.4) is 0 Å². The van der Waals surface area contributed by atoms with Crippen molar-refractivity contribution in [2.75, 3.05) is 25.6 Å². The molecule has 27 heavy (non-hydrogen) atoms. The molecule has 0 spiro atoms. The van der Waals surface area contributed by atoms with E-state index < -0.39 is 0 Å². The minimum Gasteiger partial charge on any atom is -0.493 e. The molecule has 0 aromatic heterocycles. The van der Waals surface area contributed by atoms with Gasteiger partial charge in [0.05, 0.1) is 13.7 Å². The molecular weight excluding hydrogens is 344 g/mol. The number of nitrogens with one attached hydrogen (secondary N) is 2. The van der Waals surface area contributed by atoms with E-state index in [0.717, 1.165) is 23.2 Å². The molecule has 1 atom stereocenters. The summed E-state index contributed by atoms with van der Waals surface area (Å²) in [5, 5.41) is 15.3. The van der Waals surface area contributed by atoms with E-state index >= 15 is 0 Å². The number of methoxy groups -OCH3 is 1. The predicted molar refractivity (Wildman–Crippen MR) is 106 cm³/mol. The van der Waals surface area contributed by atoms with Gasteiger partial charge in [-0.1, -0.05) is 30.7 Å². The Kier molecular flexibility index (Phi) is 8.10. The number of carbonyl (C=O) groups excluding carboxylic acids is 1. The van der Waals surface area contributed by atoms with Crippen molar-refractivity contribution < 1.29 is 19.4 Å². The highest BCUT2D eigenvalue weighted by Gasteiger charge is 2.10. The van der Waals surface area contributed by atoms with Crippen LogP contribution in [0.5, 0.6) is 11.5 Å². The normalized spacial score (nSPS) is 11.7. The molecule has 2 rings (SSSR count). The van der Waals surface area contributed by atoms with E-state index in [0.29, 0.717) is 18.0 Å². The van der Waals surface area contributed by atoms with Gasteiger partial charge in [-0.15, -0.1) is 0 Å². The standard InChI is InChI=1S/C21H28N2O4/c1-4-17(13-24)22-12-16-7-10-19(20(11-16)26-3)27-14-21(25)23-18-8-5-15(2)6-9-18/h5-11,17,22,24H,4,12-14H2,1-3H3,(H,23,25)/t17-/m1/s1. The number of aliphatic hydroxyl groups excluding tert-OH is 1. The highest BCUT2D eigenvalue weighted by atomic mass is 16.5. The maximum Gasteiger partial charge on any atom is 0.262 e. The van der Waals surface area contributed by atoms with E-state index in [-0.39, 0.29) is 25.2 Å². The van der Waals surface area contributed by atoms with Crippen LogP contribution in [-0.4, -0.2) is 37.4 Å². The average molecular weight is 372 g/mol. The molecule has 2 aromatic carbocycles. The van der Waals surface area contributed by atoms with Crippen molar-refractivity contribution in [3.05, 3.63) is 53.6 Å². The molecule has 0 saturated heterocycles. The second-order valence-corrected chi connectivity index (χ2v) is 6.36. The van der Waals surface area contributed by atoms with Crippen molar-refractivity contribution in [3.8, 4) is 11.5 Å². The predicted octanol–water partition coefficient (Wildman–Crippen LogP) is 2.88. The third kappa shape index (κ3) is 6.58. The number of hydrogen-bond acceptors (Lipinski definition) is 5. The van der Waals surface area contributed by atoms with Gasteiger partial charge in [0, 0.05) is 18.3 Å². The molecule has 6 nitrogen and oxygen atoms in total. The van der Waals surface area contributed by atoms with Gasteiger partial charge in [-0.05, 0) is 43.2 Å². The molecule has 0 aliphatic heterocycles. The summed E-state index contributed by atoms with van der Waals surface area (Å²) in [7, 11) is 1.56. The number of anilines is 1. The van der Waals surface area contributed by atoms with Crippen LogP contribution in [-0.2, 0) is 11.3 Å². The van der Waals surface area contributed by atoms with Crippen molar-refractivity contribution in [1.29, 1.82) is 0 Å². The number of benzene rings is 2. The van der Waals surface area contributed by atoms with Crippen molar-refractivity contribution in [3.63, 3.8) is 0 Å². The van der Waals surface area contributed by atoms with E-state index in [4.69, 9.17) is 9.47 Å². The Morgan fingerprint density at radius 1 is 1.15 bits per heavy atom. The lowest BCUT2D eigenvalue weighted by molar-refractivity contribution is -0.118. The van der Waals surface area contributed by atoms with E-state index in [1.165, 1.54) is 0 Å². The van der Waals surface area contributed by atoms with Crippen LogP contribution in [0.2, 0.25) is 0 Å². The monoisotopic (exact) mass is 372 g/mol. The van der Waals surface area contributed by atoms with Gasteiger partial charge in [0.25, 0.3) is 5.91 Å². The van der Waals surface area contributed by atoms with E-state index in [1.54, 1.807) is 13.2 Å². The Bertz CT molecular complexity index is 727. The Balaban J connectivity index is 1.91. The molecule has 2 aromatic rings. The first-order chi connectivity index (χ1) is 13.0. The van der Waals surface area contributed by atoms with Gasteiger partial charge < -0.3 is 25.2 Å². The molecule has 6 heteroatoms. The largest absolute Gasteiger partial charge is 0.493 e. The molecule has 0 aliphatic carbocycles. The Labute approximate surface area is 160 Å². The first-order valence-electron chi connectivity index (χ1n) is 9.06. The lowest BCUT2D eigenvalue weighted by atomic mass is 10.1. The minimum absolute atomic E-state index is 0.0670. The number of aliphatic hydroxyl groups is 1. The number of ether oxygens (including phenoxy) is 2. The van der Waals surface area contributed by atoms with Gasteiger partial charge in [-0.25, -0.2) is 0 Å². The smallest absolute Gasteiger partial charge is 0.262 e. The topological polar surface area (TPSA) is 79.8 Å². The maximum absolute atomic E-state index is 12.1. The molecule has 1 amide bonds. The number of hydrogen-bond donors (Lipinski definition) is 3. The molecule has 0 fully saturated rings. The third-order valence-corrected chi connectivity index (χ3v) is 4.23. The molecule has 146 valence electrons. The summed E-state index contributed by atoms with van der Waals surface area (Å²) >= 11 is 0. The van der Waals surface area contributed by atoms with Crippen LogP contribution in [0.1, 0.15) is 24.5 Å². The first kappa shape index (κ1) is 20.7. The maximum atomic E-state index is 12.1. The fourth-order valence-corrected chi connectivity index (χ4v) is 2.52. The Hall–Kier alpha value is -2.57. The molecule has 3 N–H and O–H groups in total. The summed E-state index contributed by atoms with van der Waals surface area (Å²) in [6.45, 7) is 4.62. The van der Waals surface area contributed by atoms with Crippen LogP contribution in [0.25, 0.3) is 0 Å².